The molecule has 4 nitrogen and oxygen atoms in total. The summed E-state index contributed by atoms with van der Waals surface area (Å²) in [5.41, 5.74) is 9.56. The van der Waals surface area contributed by atoms with E-state index in [4.69, 9.17) is 19.9 Å². The van der Waals surface area contributed by atoms with Gasteiger partial charge in [-0.2, -0.15) is 0 Å². The van der Waals surface area contributed by atoms with Gasteiger partial charge in [0.2, 0.25) is 0 Å². The molecule has 9 rings (SSSR count). The predicted octanol–water partition coefficient (Wildman–Crippen LogP) is 11.6. The smallest absolute Gasteiger partial charge is 0.164 e. The van der Waals surface area contributed by atoms with Gasteiger partial charge in [0, 0.05) is 27.6 Å². The van der Waals surface area contributed by atoms with Crippen LogP contribution in [0, 0.1) is 0 Å². The Morgan fingerprint density at radius 3 is 1.51 bits per heavy atom. The number of benzene rings is 7. The fraction of sp³-hybridized carbons (Fsp3) is 0. The summed E-state index contributed by atoms with van der Waals surface area (Å²) in [5.74, 6) is 1.92. The molecule has 0 spiro atoms. The van der Waals surface area contributed by atoms with Gasteiger partial charge in [0.15, 0.2) is 17.5 Å². The second-order valence-electron chi connectivity index (χ2n) is 11.9. The number of thiazole rings is 1. The maximum Gasteiger partial charge on any atom is 0.164 e. The molecule has 2 aromatic heterocycles. The highest BCUT2D eigenvalue weighted by atomic mass is 32.1. The van der Waals surface area contributed by atoms with E-state index < -0.39 is 0 Å². The predicted molar refractivity (Wildman–Crippen MR) is 203 cm³/mol. The van der Waals surface area contributed by atoms with Gasteiger partial charge >= 0.3 is 0 Å². The van der Waals surface area contributed by atoms with Crippen LogP contribution in [0.25, 0.3) is 88.0 Å². The van der Waals surface area contributed by atoms with E-state index >= 15 is 0 Å². The number of rotatable bonds is 6. The lowest BCUT2D eigenvalue weighted by molar-refractivity contribution is 1.07. The molecule has 0 amide bonds. The van der Waals surface area contributed by atoms with Crippen molar-refractivity contribution in [2.24, 2.45) is 0 Å². The molecule has 0 aliphatic carbocycles. The SMILES string of the molecule is c1ccc(-c2ccc(-c3nc(-c4ccccc4)nc(-c4cccc(-c5ccc6c(ccc7sc(-c8ccccc8)nc76)c5)c4)n3)cc2)cc1. The first kappa shape index (κ1) is 28.9. The summed E-state index contributed by atoms with van der Waals surface area (Å²) in [6.07, 6.45) is 0. The fourth-order valence-corrected chi connectivity index (χ4v) is 7.22. The van der Waals surface area contributed by atoms with E-state index in [2.05, 4.69) is 127 Å². The van der Waals surface area contributed by atoms with E-state index in [0.29, 0.717) is 17.5 Å². The number of hydrogen-bond donors (Lipinski definition) is 0. The molecule has 0 aliphatic rings. The first-order chi connectivity index (χ1) is 24.2. The van der Waals surface area contributed by atoms with Crippen LogP contribution in [-0.4, -0.2) is 19.9 Å². The van der Waals surface area contributed by atoms with Crippen LogP contribution in [0.5, 0.6) is 0 Å². The Balaban J connectivity index is 1.10. The van der Waals surface area contributed by atoms with Crippen LogP contribution >= 0.6 is 11.3 Å². The molecule has 230 valence electrons. The highest BCUT2D eigenvalue weighted by molar-refractivity contribution is 7.21. The maximum absolute atomic E-state index is 5.05. The average Bonchev–Trinajstić information content (AvgIpc) is 3.64. The van der Waals surface area contributed by atoms with Crippen LogP contribution < -0.4 is 0 Å². The lowest BCUT2D eigenvalue weighted by Gasteiger charge is -2.10. The van der Waals surface area contributed by atoms with Crippen LogP contribution in [0.3, 0.4) is 0 Å². The van der Waals surface area contributed by atoms with Crippen molar-refractivity contribution < 1.29 is 0 Å². The first-order valence-corrected chi connectivity index (χ1v) is 17.0. The van der Waals surface area contributed by atoms with Gasteiger partial charge < -0.3 is 0 Å². The van der Waals surface area contributed by atoms with Gasteiger partial charge in [0.25, 0.3) is 0 Å². The van der Waals surface area contributed by atoms with Crippen LogP contribution in [0.4, 0.5) is 0 Å². The fourth-order valence-electron chi connectivity index (χ4n) is 6.23. The van der Waals surface area contributed by atoms with Crippen molar-refractivity contribution in [1.29, 1.82) is 0 Å². The zero-order valence-corrected chi connectivity index (χ0v) is 27.2. The van der Waals surface area contributed by atoms with Crippen molar-refractivity contribution in [3.05, 3.63) is 170 Å². The maximum atomic E-state index is 5.05. The third-order valence-corrected chi connectivity index (χ3v) is 9.84. The second kappa shape index (κ2) is 12.4. The molecular formula is C44H28N4S. The number of aromatic nitrogens is 4. The van der Waals surface area contributed by atoms with Crippen LogP contribution in [0.1, 0.15) is 0 Å². The van der Waals surface area contributed by atoms with Crippen molar-refractivity contribution >= 4 is 32.3 Å². The minimum absolute atomic E-state index is 0.635. The third-order valence-electron chi connectivity index (χ3n) is 8.77. The molecule has 0 aliphatic heterocycles. The van der Waals surface area contributed by atoms with Crippen molar-refractivity contribution in [2.75, 3.05) is 0 Å². The number of fused-ring (bicyclic) bond motifs is 3. The lowest BCUT2D eigenvalue weighted by atomic mass is 9.99. The highest BCUT2D eigenvalue weighted by Gasteiger charge is 2.14. The van der Waals surface area contributed by atoms with Gasteiger partial charge in [-0.05, 0) is 45.8 Å². The van der Waals surface area contributed by atoms with E-state index in [-0.39, 0.29) is 0 Å². The van der Waals surface area contributed by atoms with Crippen LogP contribution in [0.15, 0.2) is 170 Å². The van der Waals surface area contributed by atoms with Crippen molar-refractivity contribution in [3.8, 4) is 67.0 Å². The highest BCUT2D eigenvalue weighted by Crippen LogP contribution is 2.36. The topological polar surface area (TPSA) is 51.6 Å². The van der Waals surface area contributed by atoms with Gasteiger partial charge in [-0.1, -0.05) is 152 Å². The third kappa shape index (κ3) is 5.67. The lowest BCUT2D eigenvalue weighted by Crippen LogP contribution is -2.00. The molecule has 0 saturated carbocycles. The summed E-state index contributed by atoms with van der Waals surface area (Å²) < 4.78 is 1.19. The van der Waals surface area contributed by atoms with E-state index in [1.165, 1.54) is 10.3 Å². The van der Waals surface area contributed by atoms with Gasteiger partial charge in [0.05, 0.1) is 10.2 Å². The summed E-state index contributed by atoms with van der Waals surface area (Å²) in [6, 6.07) is 58.8. The largest absolute Gasteiger partial charge is 0.235 e. The molecular weight excluding hydrogens is 617 g/mol. The van der Waals surface area contributed by atoms with Gasteiger partial charge in [-0.15, -0.1) is 11.3 Å². The van der Waals surface area contributed by atoms with E-state index in [9.17, 15) is 0 Å². The minimum Gasteiger partial charge on any atom is -0.235 e. The molecule has 0 saturated heterocycles. The molecule has 9 aromatic rings. The molecule has 0 fully saturated rings. The number of nitrogens with zero attached hydrogens (tertiary/aromatic N) is 4. The average molecular weight is 645 g/mol. The van der Waals surface area contributed by atoms with Gasteiger partial charge in [-0.25, -0.2) is 19.9 Å². The first-order valence-electron chi connectivity index (χ1n) is 16.2. The Morgan fingerprint density at radius 1 is 0.327 bits per heavy atom. The monoisotopic (exact) mass is 644 g/mol. The Kier molecular flexibility index (Phi) is 7.30. The Bertz CT molecular complexity index is 2580. The summed E-state index contributed by atoms with van der Waals surface area (Å²) >= 11 is 1.73. The molecule has 49 heavy (non-hydrogen) atoms. The van der Waals surface area contributed by atoms with Crippen LogP contribution in [0.2, 0.25) is 0 Å². The van der Waals surface area contributed by atoms with Crippen molar-refractivity contribution in [1.82, 2.24) is 19.9 Å². The van der Waals surface area contributed by atoms with Crippen molar-refractivity contribution in [2.45, 2.75) is 0 Å². The quantitative estimate of drug-likeness (QED) is 0.181. The Hall–Kier alpha value is -6.30. The molecule has 5 heteroatoms. The number of hydrogen-bond acceptors (Lipinski definition) is 5. The standard InChI is InChI=1S/C44H28N4S/c1-4-11-29(12-5-1)30-19-21-32(22-20-30)42-46-41(31-13-6-2-7-14-31)47-43(48-42)37-18-10-17-34(28-37)35-23-25-38-36(27-35)24-26-39-40(38)45-44(49-39)33-15-8-3-9-16-33/h1-28H. The van der Waals surface area contributed by atoms with Gasteiger partial charge in [-0.3, -0.25) is 0 Å². The zero-order valence-electron chi connectivity index (χ0n) is 26.4. The van der Waals surface area contributed by atoms with Gasteiger partial charge in [0.1, 0.15) is 5.01 Å². The minimum atomic E-state index is 0.635. The van der Waals surface area contributed by atoms with E-state index in [1.54, 1.807) is 11.3 Å². The molecule has 7 aromatic carbocycles. The normalized spacial score (nSPS) is 11.3. The van der Waals surface area contributed by atoms with Crippen molar-refractivity contribution in [3.63, 3.8) is 0 Å². The van der Waals surface area contributed by atoms with E-state index in [0.717, 1.165) is 60.2 Å². The summed E-state index contributed by atoms with van der Waals surface area (Å²) in [6.45, 7) is 0. The Morgan fingerprint density at radius 2 is 0.816 bits per heavy atom. The van der Waals surface area contributed by atoms with Crippen LogP contribution in [-0.2, 0) is 0 Å². The van der Waals surface area contributed by atoms with E-state index in [1.807, 2.05) is 42.5 Å². The molecule has 0 bridgehead atoms. The molecule has 2 heterocycles. The summed E-state index contributed by atoms with van der Waals surface area (Å²) in [4.78, 5) is 20.0. The zero-order chi connectivity index (χ0) is 32.6. The molecule has 0 N–H and O–H groups in total. The molecule has 0 unspecified atom stereocenters. The second-order valence-corrected chi connectivity index (χ2v) is 13.0. The summed E-state index contributed by atoms with van der Waals surface area (Å²) in [5, 5.41) is 3.36. The molecule has 0 atom stereocenters. The molecule has 0 radical (unpaired) electrons. The summed E-state index contributed by atoms with van der Waals surface area (Å²) in [7, 11) is 0. The Labute approximate surface area is 288 Å².